The van der Waals surface area contributed by atoms with Crippen LogP contribution in [0.15, 0.2) is 29.6 Å². The van der Waals surface area contributed by atoms with Crippen molar-refractivity contribution in [1.29, 1.82) is 0 Å². The fourth-order valence-corrected chi connectivity index (χ4v) is 12.4. The molecule has 0 saturated heterocycles. The fourth-order valence-electron chi connectivity index (χ4n) is 9.04. The van der Waals surface area contributed by atoms with Gasteiger partial charge >= 0.3 is 0 Å². The number of nitrogens with zero attached hydrogens (tertiary/aromatic N) is 3. The molecule has 2 aromatic rings. The van der Waals surface area contributed by atoms with Crippen LogP contribution in [0.2, 0.25) is 0 Å². The van der Waals surface area contributed by atoms with Crippen molar-refractivity contribution in [3.05, 3.63) is 51.5 Å². The molecule has 1 aromatic carbocycles. The zero-order chi connectivity index (χ0) is 64.0. The van der Waals surface area contributed by atoms with E-state index in [1.165, 1.54) is 29.2 Å². The van der Waals surface area contributed by atoms with E-state index in [4.69, 9.17) is 14.5 Å². The average molecular weight is 1250 g/mol. The normalized spacial score (nSPS) is 14.7. The first-order chi connectivity index (χ1) is 40.0. The van der Waals surface area contributed by atoms with Crippen LogP contribution in [-0.4, -0.2) is 169 Å². The molecule has 4 unspecified atom stereocenters. The molecule has 0 radical (unpaired) electrons. The Morgan fingerprint density at radius 1 is 0.788 bits per heavy atom. The molecule has 8 atom stereocenters. The highest BCUT2D eigenvalue weighted by Gasteiger charge is 2.40. The van der Waals surface area contributed by atoms with Crippen LogP contribution in [0.3, 0.4) is 0 Å². The zero-order valence-electron chi connectivity index (χ0n) is 54.3. The van der Waals surface area contributed by atoms with E-state index in [2.05, 4.69) is 51.1 Å². The van der Waals surface area contributed by atoms with Gasteiger partial charge in [0.05, 0.1) is 17.9 Å². The maximum absolute atomic E-state index is 14.8. The van der Waals surface area contributed by atoms with Crippen molar-refractivity contribution in [3.8, 4) is 0 Å². The highest BCUT2D eigenvalue weighted by molar-refractivity contribution is 8.77. The molecule has 7 N–H and O–H groups in total. The minimum atomic E-state index is -1.01. The number of likely N-dealkylation sites (N-methyl/N-ethyl adjacent to an activating group) is 1. The number of thiazole rings is 1. The van der Waals surface area contributed by atoms with Crippen molar-refractivity contribution in [1.82, 2.24) is 52.0 Å². The molecule has 0 aliphatic carbocycles. The first kappa shape index (κ1) is 76.3. The molecule has 8 amide bonds. The number of rotatable bonds is 42. The Balaban J connectivity index is 2.27. The smallest absolute Gasteiger partial charge is 0.270 e. The molecule has 0 bridgehead atoms. The van der Waals surface area contributed by atoms with Crippen molar-refractivity contribution in [2.75, 3.05) is 66.9 Å². The van der Waals surface area contributed by atoms with Crippen LogP contribution in [0.4, 0.5) is 0 Å². The topological polar surface area (TPSA) is 259 Å². The van der Waals surface area contributed by atoms with Crippen molar-refractivity contribution < 1.29 is 47.8 Å². The van der Waals surface area contributed by atoms with E-state index in [0.29, 0.717) is 76.1 Å². The van der Waals surface area contributed by atoms with Gasteiger partial charge in [-0.05, 0) is 124 Å². The summed E-state index contributed by atoms with van der Waals surface area (Å²) in [6, 6.07) is 4.47. The van der Waals surface area contributed by atoms with E-state index in [9.17, 15) is 38.4 Å². The van der Waals surface area contributed by atoms with Gasteiger partial charge in [0.25, 0.3) is 5.91 Å². The van der Waals surface area contributed by atoms with Crippen LogP contribution < -0.4 is 37.2 Å². The van der Waals surface area contributed by atoms with Gasteiger partial charge in [0, 0.05) is 81.4 Å². The Morgan fingerprint density at radius 2 is 1.47 bits per heavy atom. The summed E-state index contributed by atoms with van der Waals surface area (Å²) in [7, 11) is 9.82. The lowest BCUT2D eigenvalue weighted by Crippen LogP contribution is -2.60. The summed E-state index contributed by atoms with van der Waals surface area (Å²) in [5, 5.41) is 22.6. The van der Waals surface area contributed by atoms with Crippen LogP contribution in [0.25, 0.3) is 0 Å². The minimum absolute atomic E-state index is 0.00300. The number of benzene rings is 1. The molecule has 2 rings (SSSR count). The largest absolute Gasteiger partial charge is 0.383 e. The minimum Gasteiger partial charge on any atom is -0.383 e. The monoisotopic (exact) mass is 1250 g/mol. The van der Waals surface area contributed by atoms with E-state index in [1.54, 1.807) is 37.1 Å². The molecule has 1 heterocycles. The van der Waals surface area contributed by atoms with E-state index >= 15 is 0 Å². The SMILES string of the molecule is CCCO[C@H](C[C@H](C(C)C)N(CCC)C(=O)[C@@H](NC(=O)C(C)(C)N(C)C)C(C)CC)c1nc(C(=O)N[C@@H](Cc2ccc(C)cc2)CC(C)C(=O)NC(C)C(=O)NC(CCCCNC(=O)CSSC(C)(C)CCC(=O)NC)C(=O)NCCOC)cs1. The van der Waals surface area contributed by atoms with Crippen molar-refractivity contribution >= 4 is 80.2 Å². The number of carbonyl (C=O) groups excluding carboxylic acids is 8. The predicted molar refractivity (Wildman–Crippen MR) is 344 cm³/mol. The van der Waals surface area contributed by atoms with Crippen LogP contribution in [0.5, 0.6) is 0 Å². The number of nitrogens with one attached hydrogen (secondary N) is 7. The van der Waals surface area contributed by atoms with Gasteiger partial charge in [-0.2, -0.15) is 0 Å². The number of unbranched alkanes of at least 4 members (excludes halogenated alkanes) is 1. The molecule has 1 aromatic heterocycles. The maximum Gasteiger partial charge on any atom is 0.270 e. The summed E-state index contributed by atoms with van der Waals surface area (Å²) < 4.78 is 11.4. The summed E-state index contributed by atoms with van der Waals surface area (Å²) in [4.78, 5) is 117. The number of carbonyl (C=O) groups is 8. The second kappa shape index (κ2) is 39.2. The van der Waals surface area contributed by atoms with E-state index in [-0.39, 0.29) is 83.7 Å². The molecule has 0 aliphatic heterocycles. The van der Waals surface area contributed by atoms with Crippen LogP contribution in [0.1, 0.15) is 180 Å². The molecule has 0 aliphatic rings. The standard InChI is InChI=1S/C62H106N10O10S3/c1-18-32-72(59(79)53(42(7)20-3)70-60(80)62(12,13)71(15)16)49(40(4)5)37-50(82-33-19-2)58-69-48(38-83-58)57(78)67-46(36-45-26-24-41(6)25-27-45)35-43(8)54(75)66-44(9)55(76)68-47(56(77)65-31-34-81-17)23-21-22-30-64-52(74)39-84-85-61(10,11)29-28-51(73)63-14/h24-27,38,40,42-44,46-47,49-50,53H,18-23,28-37,39H2,1-17H3,(H,63,73)(H,64,74)(H,65,77)(H,66,75)(H,67,78)(H,68,76)(H,70,80)/t42?,43?,44?,46-,47?,49-,50-,53+/m1/s1. The third kappa shape index (κ3) is 27.4. The molecule has 20 nitrogen and oxygen atoms in total. The first-order valence-electron chi connectivity index (χ1n) is 30.4. The lowest BCUT2D eigenvalue weighted by molar-refractivity contribution is -0.144. The average Bonchev–Trinajstić information content (AvgIpc) is 3.87. The quantitative estimate of drug-likeness (QED) is 0.0251. The van der Waals surface area contributed by atoms with Gasteiger partial charge in [-0.15, -0.1) is 11.3 Å². The van der Waals surface area contributed by atoms with Gasteiger partial charge in [0.1, 0.15) is 34.9 Å². The van der Waals surface area contributed by atoms with Gasteiger partial charge in [0.15, 0.2) is 0 Å². The Labute approximate surface area is 520 Å². The number of hydrogen-bond acceptors (Lipinski definition) is 15. The van der Waals surface area contributed by atoms with Crippen molar-refractivity contribution in [2.24, 2.45) is 17.8 Å². The number of ether oxygens (including phenoxy) is 2. The number of hydrogen-bond donors (Lipinski definition) is 7. The molecule has 85 heavy (non-hydrogen) atoms. The molecule has 0 spiro atoms. The number of aromatic nitrogens is 1. The summed E-state index contributed by atoms with van der Waals surface area (Å²) in [5.74, 6) is -2.85. The van der Waals surface area contributed by atoms with Gasteiger partial charge in [-0.1, -0.05) is 106 Å². The van der Waals surface area contributed by atoms with Gasteiger partial charge in [-0.3, -0.25) is 43.3 Å². The van der Waals surface area contributed by atoms with Crippen molar-refractivity contribution in [3.63, 3.8) is 0 Å². The van der Waals surface area contributed by atoms with Crippen LogP contribution in [0, 0.1) is 24.7 Å². The second-order valence-electron chi connectivity index (χ2n) is 24.0. The summed E-state index contributed by atoms with van der Waals surface area (Å²) >= 11 is 1.32. The van der Waals surface area contributed by atoms with Crippen LogP contribution >= 0.6 is 32.9 Å². The second-order valence-corrected chi connectivity index (χ2v) is 27.9. The third-order valence-electron chi connectivity index (χ3n) is 15.3. The molecule has 0 fully saturated rings. The zero-order valence-corrected chi connectivity index (χ0v) is 56.7. The van der Waals surface area contributed by atoms with E-state index in [1.807, 2.05) is 110 Å². The van der Waals surface area contributed by atoms with Gasteiger partial charge < -0.3 is 51.6 Å². The number of methoxy groups -OCH3 is 1. The third-order valence-corrected chi connectivity index (χ3v) is 19.5. The number of amides is 8. The number of aryl methyl sites for hydroxylation is 1. The van der Waals surface area contributed by atoms with Gasteiger partial charge in [0.2, 0.25) is 41.4 Å². The molecule has 482 valence electrons. The molecular formula is C62H106N10O10S3. The predicted octanol–water partition coefficient (Wildman–Crippen LogP) is 7.54. The highest BCUT2D eigenvalue weighted by atomic mass is 33.1. The maximum atomic E-state index is 14.8. The fraction of sp³-hybridized carbons (Fsp3) is 0.726. The highest BCUT2D eigenvalue weighted by Crippen LogP contribution is 2.39. The van der Waals surface area contributed by atoms with Gasteiger partial charge in [-0.25, -0.2) is 4.98 Å². The lowest BCUT2D eigenvalue weighted by Gasteiger charge is -2.40. The van der Waals surface area contributed by atoms with E-state index in [0.717, 1.165) is 17.5 Å². The lowest BCUT2D eigenvalue weighted by atomic mass is 9.91. The molecule has 23 heteroatoms. The van der Waals surface area contributed by atoms with Crippen LogP contribution in [-0.2, 0) is 49.5 Å². The van der Waals surface area contributed by atoms with E-state index < -0.39 is 65.4 Å². The Bertz CT molecular complexity index is 2390. The summed E-state index contributed by atoms with van der Waals surface area (Å²) in [5.41, 5.74) is 1.37. The Morgan fingerprint density at radius 3 is 2.07 bits per heavy atom. The summed E-state index contributed by atoms with van der Waals surface area (Å²) in [6.07, 6.45) is 5.04. The Kier molecular flexibility index (Phi) is 35.1. The Hall–Kier alpha value is -4.81. The first-order valence-corrected chi connectivity index (χ1v) is 33.6. The molecular weight excluding hydrogens is 1140 g/mol. The van der Waals surface area contributed by atoms with Crippen molar-refractivity contribution in [2.45, 2.75) is 207 Å². The molecule has 0 saturated carbocycles. The summed E-state index contributed by atoms with van der Waals surface area (Å²) in [6.45, 7) is 27.1.